The van der Waals surface area contributed by atoms with Gasteiger partial charge in [0, 0.05) is 43.3 Å². The predicted octanol–water partition coefficient (Wildman–Crippen LogP) is 3.85. The molecular formula is C23H26N4O. The van der Waals surface area contributed by atoms with E-state index in [1.807, 2.05) is 41.2 Å². The average Bonchev–Trinajstić information content (AvgIpc) is 3.26. The molecule has 5 heteroatoms. The molecular weight excluding hydrogens is 348 g/mol. The molecule has 1 aromatic heterocycles. The van der Waals surface area contributed by atoms with Gasteiger partial charge in [0.2, 0.25) is 0 Å². The number of aromatic nitrogens is 2. The lowest BCUT2D eigenvalue weighted by molar-refractivity contribution is 0.0950. The minimum Gasteiger partial charge on any atom is -0.372 e. The minimum absolute atomic E-state index is 0.0499. The van der Waals surface area contributed by atoms with Crippen molar-refractivity contribution in [3.63, 3.8) is 0 Å². The molecule has 0 aliphatic carbocycles. The van der Waals surface area contributed by atoms with Crippen LogP contribution in [0.15, 0.2) is 67.0 Å². The van der Waals surface area contributed by atoms with E-state index >= 15 is 0 Å². The fraction of sp³-hybridized carbons (Fsp3) is 0.304. The van der Waals surface area contributed by atoms with Crippen molar-refractivity contribution < 1.29 is 4.79 Å². The van der Waals surface area contributed by atoms with Gasteiger partial charge >= 0.3 is 0 Å². The third-order valence-electron chi connectivity index (χ3n) is 5.24. The Balaban J connectivity index is 1.42. The quantitative estimate of drug-likeness (QED) is 0.713. The van der Waals surface area contributed by atoms with Gasteiger partial charge in [0.05, 0.1) is 6.54 Å². The van der Waals surface area contributed by atoms with E-state index in [-0.39, 0.29) is 5.91 Å². The molecule has 3 aromatic rings. The lowest BCUT2D eigenvalue weighted by atomic mass is 10.1. The molecule has 28 heavy (non-hydrogen) atoms. The highest BCUT2D eigenvalue weighted by atomic mass is 16.1. The van der Waals surface area contributed by atoms with E-state index in [0.29, 0.717) is 18.7 Å². The molecule has 0 atom stereocenters. The molecule has 0 bridgehead atoms. The van der Waals surface area contributed by atoms with Crippen LogP contribution in [-0.2, 0) is 13.1 Å². The topological polar surface area (TPSA) is 50.2 Å². The Bertz CT molecular complexity index is 914. The Morgan fingerprint density at radius 1 is 1.00 bits per heavy atom. The van der Waals surface area contributed by atoms with Crippen LogP contribution < -0.4 is 10.2 Å². The summed E-state index contributed by atoms with van der Waals surface area (Å²) in [6.07, 6.45) is 7.49. The first-order valence-electron chi connectivity index (χ1n) is 9.97. The normalized spacial score (nSPS) is 14.1. The molecule has 1 amide bonds. The first-order chi connectivity index (χ1) is 13.8. The van der Waals surface area contributed by atoms with Crippen molar-refractivity contribution >= 4 is 11.6 Å². The number of benzene rings is 2. The number of carbonyl (C=O) groups is 1. The van der Waals surface area contributed by atoms with E-state index in [2.05, 4.69) is 39.6 Å². The molecule has 0 spiro atoms. The zero-order chi connectivity index (χ0) is 19.2. The van der Waals surface area contributed by atoms with Crippen LogP contribution in [0.5, 0.6) is 0 Å². The summed E-state index contributed by atoms with van der Waals surface area (Å²) in [5.41, 5.74) is 4.04. The molecule has 1 fully saturated rings. The maximum Gasteiger partial charge on any atom is 0.251 e. The number of piperidine rings is 1. The number of hydrogen-bond donors (Lipinski definition) is 1. The third-order valence-corrected chi connectivity index (χ3v) is 5.24. The minimum atomic E-state index is -0.0499. The number of nitrogens with one attached hydrogen (secondary N) is 1. The second kappa shape index (κ2) is 8.74. The summed E-state index contributed by atoms with van der Waals surface area (Å²) < 4.78 is 1.83. The largest absolute Gasteiger partial charge is 0.372 e. The van der Waals surface area contributed by atoms with Crippen LogP contribution in [-0.4, -0.2) is 28.8 Å². The monoisotopic (exact) mass is 374 g/mol. The van der Waals surface area contributed by atoms with Gasteiger partial charge in [-0.1, -0.05) is 30.3 Å². The standard InChI is InChI=1S/C23H26N4O/c28-23(22-11-3-2-9-20(22)18-27-15-7-12-25-27)24-17-19-8-6-10-21(16-19)26-13-4-1-5-14-26/h2-3,6-12,15-16H,1,4-5,13-14,17-18H2,(H,24,28). The highest BCUT2D eigenvalue weighted by Gasteiger charge is 2.13. The Hall–Kier alpha value is -3.08. The van der Waals surface area contributed by atoms with Gasteiger partial charge in [-0.15, -0.1) is 0 Å². The van der Waals surface area contributed by atoms with Crippen LogP contribution in [0.3, 0.4) is 0 Å². The zero-order valence-electron chi connectivity index (χ0n) is 16.1. The third kappa shape index (κ3) is 4.42. The van der Waals surface area contributed by atoms with Gasteiger partial charge < -0.3 is 10.2 Å². The number of nitrogens with zero attached hydrogens (tertiary/aromatic N) is 3. The Morgan fingerprint density at radius 2 is 1.86 bits per heavy atom. The second-order valence-electron chi connectivity index (χ2n) is 7.26. The van der Waals surface area contributed by atoms with E-state index in [9.17, 15) is 4.79 Å². The zero-order valence-corrected chi connectivity index (χ0v) is 16.1. The van der Waals surface area contributed by atoms with E-state index in [1.165, 1.54) is 24.9 Å². The van der Waals surface area contributed by atoms with Crippen LogP contribution in [0, 0.1) is 0 Å². The number of anilines is 1. The smallest absolute Gasteiger partial charge is 0.251 e. The molecule has 0 saturated carbocycles. The Kier molecular flexibility index (Phi) is 5.71. The summed E-state index contributed by atoms with van der Waals surface area (Å²) in [5.74, 6) is -0.0499. The van der Waals surface area contributed by atoms with Gasteiger partial charge in [-0.3, -0.25) is 9.48 Å². The van der Waals surface area contributed by atoms with Crippen LogP contribution in [0.4, 0.5) is 5.69 Å². The lowest BCUT2D eigenvalue weighted by Gasteiger charge is -2.29. The van der Waals surface area contributed by atoms with Crippen LogP contribution in [0.25, 0.3) is 0 Å². The fourth-order valence-electron chi connectivity index (χ4n) is 3.74. The highest BCUT2D eigenvalue weighted by Crippen LogP contribution is 2.21. The van der Waals surface area contributed by atoms with Crippen molar-refractivity contribution in [1.29, 1.82) is 0 Å². The number of hydrogen-bond acceptors (Lipinski definition) is 3. The van der Waals surface area contributed by atoms with Gasteiger partial charge in [0.1, 0.15) is 0 Å². The van der Waals surface area contributed by atoms with Gasteiger partial charge in [-0.2, -0.15) is 5.10 Å². The number of carbonyl (C=O) groups excluding carboxylic acids is 1. The van der Waals surface area contributed by atoms with Crippen molar-refractivity contribution in [1.82, 2.24) is 15.1 Å². The molecule has 144 valence electrons. The second-order valence-corrected chi connectivity index (χ2v) is 7.26. The molecule has 0 unspecified atom stereocenters. The Labute approximate surface area is 166 Å². The molecule has 0 radical (unpaired) electrons. The number of rotatable bonds is 6. The first kappa shape index (κ1) is 18.3. The van der Waals surface area contributed by atoms with Crippen molar-refractivity contribution in [3.8, 4) is 0 Å². The van der Waals surface area contributed by atoms with Crippen molar-refractivity contribution in [3.05, 3.63) is 83.7 Å². The highest BCUT2D eigenvalue weighted by molar-refractivity contribution is 5.95. The lowest BCUT2D eigenvalue weighted by Crippen LogP contribution is -2.29. The van der Waals surface area contributed by atoms with Crippen molar-refractivity contribution in [2.75, 3.05) is 18.0 Å². The summed E-state index contributed by atoms with van der Waals surface area (Å²) >= 11 is 0. The molecule has 1 saturated heterocycles. The van der Waals surface area contributed by atoms with Crippen LogP contribution in [0.2, 0.25) is 0 Å². The summed E-state index contributed by atoms with van der Waals surface area (Å²) in [4.78, 5) is 15.2. The summed E-state index contributed by atoms with van der Waals surface area (Å²) in [5, 5.41) is 7.32. The van der Waals surface area contributed by atoms with E-state index in [0.717, 1.165) is 24.2 Å². The maximum atomic E-state index is 12.8. The summed E-state index contributed by atoms with van der Waals surface area (Å²) in [7, 11) is 0. The Morgan fingerprint density at radius 3 is 2.68 bits per heavy atom. The van der Waals surface area contributed by atoms with Gasteiger partial charge in [-0.25, -0.2) is 0 Å². The van der Waals surface area contributed by atoms with Gasteiger partial charge in [0.25, 0.3) is 5.91 Å². The van der Waals surface area contributed by atoms with Crippen molar-refractivity contribution in [2.45, 2.75) is 32.4 Å². The molecule has 1 aliphatic heterocycles. The van der Waals surface area contributed by atoms with E-state index in [1.54, 1.807) is 6.20 Å². The van der Waals surface area contributed by atoms with Gasteiger partial charge in [-0.05, 0) is 54.7 Å². The van der Waals surface area contributed by atoms with E-state index in [4.69, 9.17) is 0 Å². The molecule has 1 aliphatic rings. The maximum absolute atomic E-state index is 12.8. The molecule has 5 nitrogen and oxygen atoms in total. The van der Waals surface area contributed by atoms with Gasteiger partial charge in [0.15, 0.2) is 0 Å². The molecule has 2 aromatic carbocycles. The number of amides is 1. The van der Waals surface area contributed by atoms with Crippen molar-refractivity contribution in [2.24, 2.45) is 0 Å². The molecule has 1 N–H and O–H groups in total. The summed E-state index contributed by atoms with van der Waals surface area (Å²) in [6, 6.07) is 18.1. The first-order valence-corrected chi connectivity index (χ1v) is 9.97. The van der Waals surface area contributed by atoms with E-state index < -0.39 is 0 Å². The SMILES string of the molecule is O=C(NCc1cccc(N2CCCCC2)c1)c1ccccc1Cn1cccn1. The predicted molar refractivity (Wildman–Crippen MR) is 111 cm³/mol. The summed E-state index contributed by atoms with van der Waals surface area (Å²) in [6.45, 7) is 3.35. The average molecular weight is 374 g/mol. The fourth-order valence-corrected chi connectivity index (χ4v) is 3.74. The molecule has 2 heterocycles. The van der Waals surface area contributed by atoms with Crippen LogP contribution in [0.1, 0.15) is 40.7 Å². The molecule has 4 rings (SSSR count). The van der Waals surface area contributed by atoms with Crippen LogP contribution >= 0.6 is 0 Å².